The summed E-state index contributed by atoms with van der Waals surface area (Å²) in [6.07, 6.45) is 0. The van der Waals surface area contributed by atoms with E-state index in [2.05, 4.69) is 10.5 Å². The molecule has 0 atom stereocenters. The average Bonchev–Trinajstić information content (AvgIpc) is 3.04. The van der Waals surface area contributed by atoms with E-state index in [9.17, 15) is 4.79 Å². The van der Waals surface area contributed by atoms with Crippen LogP contribution in [0.25, 0.3) is 16.9 Å². The molecule has 1 N–H and O–H groups in total. The van der Waals surface area contributed by atoms with Gasteiger partial charge in [-0.2, -0.15) is 0 Å². The number of hydrogen-bond acceptors (Lipinski definition) is 4. The number of carbonyl (C=O) groups is 1. The van der Waals surface area contributed by atoms with Gasteiger partial charge in [-0.3, -0.25) is 9.36 Å². The summed E-state index contributed by atoms with van der Waals surface area (Å²) in [7, 11) is 1.65. The lowest BCUT2D eigenvalue weighted by Crippen LogP contribution is -2.21. The maximum atomic E-state index is 11.2. The zero-order chi connectivity index (χ0) is 16.9. The van der Waals surface area contributed by atoms with Crippen molar-refractivity contribution in [1.29, 1.82) is 0 Å². The molecule has 0 radical (unpaired) electrons. The first-order valence-electron chi connectivity index (χ1n) is 7.40. The summed E-state index contributed by atoms with van der Waals surface area (Å²) < 4.78 is 7.24. The van der Waals surface area contributed by atoms with E-state index in [0.717, 1.165) is 22.7 Å². The molecule has 0 aliphatic heterocycles. The third-order valence-electron chi connectivity index (χ3n) is 3.42. The summed E-state index contributed by atoms with van der Waals surface area (Å²) in [6, 6.07) is 17.8. The van der Waals surface area contributed by atoms with Crippen molar-refractivity contribution >= 4 is 17.2 Å². The molecule has 6 heteroatoms. The second-order valence-electron chi connectivity index (χ2n) is 5.08. The van der Waals surface area contributed by atoms with Crippen molar-refractivity contribution in [1.82, 2.24) is 9.99 Å². The molecule has 1 amide bonds. The summed E-state index contributed by atoms with van der Waals surface area (Å²) >= 11 is 1.47. The van der Waals surface area contributed by atoms with Crippen LogP contribution in [0.4, 0.5) is 0 Å². The molecule has 5 nitrogen and oxygen atoms in total. The highest BCUT2D eigenvalue weighted by molar-refractivity contribution is 7.07. The van der Waals surface area contributed by atoms with Gasteiger partial charge in [0.1, 0.15) is 5.75 Å². The van der Waals surface area contributed by atoms with Gasteiger partial charge in [0.25, 0.3) is 0 Å². The van der Waals surface area contributed by atoms with Crippen LogP contribution in [0, 0.1) is 0 Å². The zero-order valence-electron chi connectivity index (χ0n) is 13.4. The second-order valence-corrected chi connectivity index (χ2v) is 5.92. The summed E-state index contributed by atoms with van der Waals surface area (Å²) in [5.41, 5.74) is 5.53. The number of carbonyl (C=O) groups excluding carboxylic acids is 1. The molecule has 0 spiro atoms. The Morgan fingerprint density at radius 3 is 2.46 bits per heavy atom. The number of aromatic nitrogens is 1. The Morgan fingerprint density at radius 1 is 1.12 bits per heavy atom. The molecule has 0 fully saturated rings. The second kappa shape index (κ2) is 7.14. The minimum atomic E-state index is -0.200. The lowest BCUT2D eigenvalue weighted by Gasteiger charge is -2.09. The third-order valence-corrected chi connectivity index (χ3v) is 4.24. The van der Waals surface area contributed by atoms with Crippen LogP contribution in [0.3, 0.4) is 0 Å². The number of para-hydroxylation sites is 1. The molecule has 0 bridgehead atoms. The van der Waals surface area contributed by atoms with Crippen molar-refractivity contribution in [2.75, 3.05) is 7.11 Å². The van der Waals surface area contributed by atoms with Crippen molar-refractivity contribution in [3.8, 4) is 22.7 Å². The average molecular weight is 339 g/mol. The van der Waals surface area contributed by atoms with Crippen LogP contribution < -0.4 is 15.0 Å². The Bertz CT molecular complexity index is 896. The van der Waals surface area contributed by atoms with Crippen molar-refractivity contribution in [2.24, 2.45) is 5.10 Å². The molecule has 3 aromatic rings. The van der Waals surface area contributed by atoms with Crippen LogP contribution in [0.1, 0.15) is 6.92 Å². The molecule has 0 aliphatic rings. The van der Waals surface area contributed by atoms with Crippen LogP contribution in [-0.2, 0) is 4.79 Å². The first-order chi connectivity index (χ1) is 11.7. The van der Waals surface area contributed by atoms with E-state index < -0.39 is 0 Å². The molecule has 24 heavy (non-hydrogen) atoms. The van der Waals surface area contributed by atoms with Gasteiger partial charge in [0, 0.05) is 18.0 Å². The third kappa shape index (κ3) is 3.38. The number of nitrogens with one attached hydrogen (secondary N) is 1. The molecule has 0 unspecified atom stereocenters. The minimum Gasteiger partial charge on any atom is -0.497 e. The predicted octanol–water partition coefficient (Wildman–Crippen LogP) is 3.17. The SMILES string of the molecule is COc1ccc(-c2cs/c(=N/NC(C)=O)n2-c2ccccc2)cc1. The smallest absolute Gasteiger partial charge is 0.237 e. The molecule has 122 valence electrons. The van der Waals surface area contributed by atoms with Crippen LogP contribution in [-0.4, -0.2) is 17.6 Å². The van der Waals surface area contributed by atoms with Gasteiger partial charge >= 0.3 is 0 Å². The fraction of sp³-hybridized carbons (Fsp3) is 0.111. The van der Waals surface area contributed by atoms with Gasteiger partial charge in [-0.15, -0.1) is 16.4 Å². The highest BCUT2D eigenvalue weighted by atomic mass is 32.1. The largest absolute Gasteiger partial charge is 0.497 e. The van der Waals surface area contributed by atoms with Crippen LogP contribution >= 0.6 is 11.3 Å². The van der Waals surface area contributed by atoms with Crippen molar-refractivity contribution in [2.45, 2.75) is 6.92 Å². The number of rotatable bonds is 4. The van der Waals surface area contributed by atoms with Gasteiger partial charge < -0.3 is 4.74 Å². The van der Waals surface area contributed by atoms with Gasteiger partial charge in [-0.25, -0.2) is 5.43 Å². The number of nitrogens with zero attached hydrogens (tertiary/aromatic N) is 2. The lowest BCUT2D eigenvalue weighted by molar-refractivity contribution is -0.119. The summed E-state index contributed by atoms with van der Waals surface area (Å²) in [6.45, 7) is 1.44. The van der Waals surface area contributed by atoms with Gasteiger partial charge in [-0.1, -0.05) is 18.2 Å². The molecule has 0 aliphatic carbocycles. The van der Waals surface area contributed by atoms with E-state index in [-0.39, 0.29) is 5.91 Å². The van der Waals surface area contributed by atoms with Crippen molar-refractivity contribution in [3.05, 3.63) is 64.8 Å². The Labute approximate surface area is 143 Å². The Morgan fingerprint density at radius 2 is 1.83 bits per heavy atom. The van der Waals surface area contributed by atoms with Gasteiger partial charge in [0.05, 0.1) is 12.8 Å². The highest BCUT2D eigenvalue weighted by Gasteiger charge is 2.10. The number of ether oxygens (including phenoxy) is 1. The fourth-order valence-electron chi connectivity index (χ4n) is 2.31. The van der Waals surface area contributed by atoms with E-state index in [1.807, 2.05) is 64.5 Å². The standard InChI is InChI=1S/C18H17N3O2S/c1-13(22)19-20-18-21(15-6-4-3-5-7-15)17(12-24-18)14-8-10-16(23-2)11-9-14/h3-12H,1-2H3,(H,19,22)/b20-18+. The van der Waals surface area contributed by atoms with Crippen molar-refractivity contribution < 1.29 is 9.53 Å². The van der Waals surface area contributed by atoms with E-state index in [1.54, 1.807) is 7.11 Å². The van der Waals surface area contributed by atoms with E-state index in [1.165, 1.54) is 18.3 Å². The molecule has 2 aromatic carbocycles. The molecule has 1 aromatic heterocycles. The summed E-state index contributed by atoms with van der Waals surface area (Å²) in [5, 5.41) is 6.24. The molecule has 0 saturated heterocycles. The lowest BCUT2D eigenvalue weighted by atomic mass is 10.1. The first kappa shape index (κ1) is 16.0. The first-order valence-corrected chi connectivity index (χ1v) is 8.27. The van der Waals surface area contributed by atoms with E-state index in [0.29, 0.717) is 4.80 Å². The quantitative estimate of drug-likeness (QED) is 0.742. The maximum absolute atomic E-state index is 11.2. The van der Waals surface area contributed by atoms with Gasteiger partial charge in [0.15, 0.2) is 0 Å². The summed E-state index contributed by atoms with van der Waals surface area (Å²) in [4.78, 5) is 11.9. The van der Waals surface area contributed by atoms with Crippen LogP contribution in [0.15, 0.2) is 65.1 Å². The zero-order valence-corrected chi connectivity index (χ0v) is 14.2. The Kier molecular flexibility index (Phi) is 4.77. The molecule has 0 saturated carbocycles. The number of thiazole rings is 1. The highest BCUT2D eigenvalue weighted by Crippen LogP contribution is 2.25. The number of benzene rings is 2. The van der Waals surface area contributed by atoms with E-state index in [4.69, 9.17) is 4.74 Å². The van der Waals surface area contributed by atoms with Gasteiger partial charge in [0.2, 0.25) is 10.7 Å². The van der Waals surface area contributed by atoms with Crippen LogP contribution in [0.2, 0.25) is 0 Å². The minimum absolute atomic E-state index is 0.200. The van der Waals surface area contributed by atoms with E-state index >= 15 is 0 Å². The van der Waals surface area contributed by atoms with Crippen LogP contribution in [0.5, 0.6) is 5.75 Å². The molecule has 3 rings (SSSR count). The number of hydrogen-bond donors (Lipinski definition) is 1. The number of methoxy groups -OCH3 is 1. The topological polar surface area (TPSA) is 55.6 Å². The molecular weight excluding hydrogens is 322 g/mol. The van der Waals surface area contributed by atoms with Crippen molar-refractivity contribution in [3.63, 3.8) is 0 Å². The summed E-state index contributed by atoms with van der Waals surface area (Å²) in [5.74, 6) is 0.609. The Balaban J connectivity index is 2.15. The maximum Gasteiger partial charge on any atom is 0.237 e. The molecular formula is C18H17N3O2S. The molecule has 1 heterocycles. The monoisotopic (exact) mass is 339 g/mol. The normalized spacial score (nSPS) is 11.3. The van der Waals surface area contributed by atoms with Gasteiger partial charge in [-0.05, 0) is 42.0 Å². The predicted molar refractivity (Wildman–Crippen MR) is 95.0 cm³/mol. The number of amides is 1. The Hall–Kier alpha value is -2.86. The fourth-order valence-corrected chi connectivity index (χ4v) is 3.17.